The van der Waals surface area contributed by atoms with Crippen molar-refractivity contribution in [2.45, 2.75) is 32.1 Å². The number of rotatable bonds is 6. The first-order valence-corrected chi connectivity index (χ1v) is 9.20. The molecule has 3 aromatic rings. The van der Waals surface area contributed by atoms with Crippen LogP contribution in [0.2, 0.25) is 0 Å². The summed E-state index contributed by atoms with van der Waals surface area (Å²) < 4.78 is 0. The molecule has 0 aliphatic heterocycles. The van der Waals surface area contributed by atoms with E-state index in [2.05, 4.69) is 62.3 Å². The molecule has 2 aromatic carbocycles. The fourth-order valence-corrected chi connectivity index (χ4v) is 3.41. The second-order valence-electron chi connectivity index (χ2n) is 6.67. The van der Waals surface area contributed by atoms with E-state index in [4.69, 9.17) is 0 Å². The quantitative estimate of drug-likeness (QED) is 0.705. The lowest BCUT2D eigenvalue weighted by Gasteiger charge is -2.08. The number of nitrogens with one attached hydrogen (secondary N) is 2. The van der Waals surface area contributed by atoms with Crippen LogP contribution in [0.1, 0.15) is 37.1 Å². The summed E-state index contributed by atoms with van der Waals surface area (Å²) in [6.45, 7) is 0. The molecule has 1 aliphatic carbocycles. The molecule has 1 aliphatic rings. The largest absolute Gasteiger partial charge is 0.329 e. The molecule has 6 heteroatoms. The van der Waals surface area contributed by atoms with E-state index in [0.717, 1.165) is 36.1 Å². The van der Waals surface area contributed by atoms with E-state index in [1.54, 1.807) is 0 Å². The summed E-state index contributed by atoms with van der Waals surface area (Å²) in [7, 11) is 0. The highest BCUT2D eigenvalue weighted by molar-refractivity contribution is 5.81. The van der Waals surface area contributed by atoms with Crippen LogP contribution >= 0.6 is 0 Å². The molecule has 1 amide bonds. The van der Waals surface area contributed by atoms with Crippen LogP contribution in [0.5, 0.6) is 0 Å². The first-order valence-electron chi connectivity index (χ1n) is 9.20. The van der Waals surface area contributed by atoms with Crippen molar-refractivity contribution >= 4 is 11.5 Å². The van der Waals surface area contributed by atoms with Gasteiger partial charge in [-0.05, 0) is 52.8 Å². The predicted octanol–water partition coefficient (Wildman–Crippen LogP) is 3.51. The van der Waals surface area contributed by atoms with E-state index >= 15 is 0 Å². The summed E-state index contributed by atoms with van der Waals surface area (Å²) in [4.78, 5) is 12.4. The molecule has 136 valence electrons. The molecule has 0 atom stereocenters. The number of tetrazole rings is 1. The predicted molar refractivity (Wildman–Crippen MR) is 103 cm³/mol. The van der Waals surface area contributed by atoms with Crippen molar-refractivity contribution < 1.29 is 4.79 Å². The Morgan fingerprint density at radius 2 is 1.78 bits per heavy atom. The molecular formula is C21H21N5O. The molecule has 6 nitrogen and oxygen atoms in total. The third-order valence-corrected chi connectivity index (χ3v) is 4.84. The van der Waals surface area contributed by atoms with Crippen LogP contribution in [0.3, 0.4) is 0 Å². The van der Waals surface area contributed by atoms with Gasteiger partial charge in [0.1, 0.15) is 0 Å². The summed E-state index contributed by atoms with van der Waals surface area (Å²) in [6.07, 6.45) is 3.91. The van der Waals surface area contributed by atoms with E-state index in [-0.39, 0.29) is 5.91 Å². The van der Waals surface area contributed by atoms with Gasteiger partial charge in [-0.15, -0.1) is 5.10 Å². The normalized spacial score (nSPS) is 13.8. The summed E-state index contributed by atoms with van der Waals surface area (Å²) in [6, 6.07) is 18.7. The highest BCUT2D eigenvalue weighted by Gasteiger charge is 2.20. The van der Waals surface area contributed by atoms with Gasteiger partial charge < -0.3 is 5.32 Å². The summed E-state index contributed by atoms with van der Waals surface area (Å²) in [5.41, 5.74) is 5.50. The van der Waals surface area contributed by atoms with E-state index in [1.807, 2.05) is 18.2 Å². The number of hydrogen-bond acceptors (Lipinski definition) is 4. The molecule has 0 saturated carbocycles. The van der Waals surface area contributed by atoms with Crippen molar-refractivity contribution in [3.63, 3.8) is 0 Å². The van der Waals surface area contributed by atoms with Crippen molar-refractivity contribution in [1.82, 2.24) is 25.9 Å². The molecule has 0 spiro atoms. The van der Waals surface area contributed by atoms with Crippen LogP contribution in [-0.4, -0.2) is 26.5 Å². The summed E-state index contributed by atoms with van der Waals surface area (Å²) >= 11 is 0. The van der Waals surface area contributed by atoms with Gasteiger partial charge in [0.25, 0.3) is 0 Å². The Labute approximate surface area is 157 Å². The van der Waals surface area contributed by atoms with Crippen LogP contribution in [0.25, 0.3) is 16.7 Å². The minimum Gasteiger partial charge on any atom is -0.329 e. The number of allylic oxidation sites excluding steroid dienone is 2. The number of aromatic amines is 1. The van der Waals surface area contributed by atoms with Crippen molar-refractivity contribution in [3.05, 3.63) is 71.7 Å². The average Bonchev–Trinajstić information content (AvgIpc) is 3.39. The highest BCUT2D eigenvalue weighted by Crippen LogP contribution is 2.30. The van der Waals surface area contributed by atoms with E-state index in [0.29, 0.717) is 18.7 Å². The Bertz CT molecular complexity index is 930. The number of H-pyrrole nitrogens is 1. The van der Waals surface area contributed by atoms with Gasteiger partial charge in [-0.3, -0.25) is 4.79 Å². The number of amides is 1. The molecule has 0 fully saturated rings. The van der Waals surface area contributed by atoms with Crippen LogP contribution in [0.15, 0.2) is 60.3 Å². The number of aromatic nitrogens is 4. The van der Waals surface area contributed by atoms with Crippen LogP contribution < -0.4 is 5.32 Å². The lowest BCUT2D eigenvalue weighted by atomic mass is 10.0. The van der Waals surface area contributed by atoms with E-state index in [9.17, 15) is 4.79 Å². The lowest BCUT2D eigenvalue weighted by Crippen LogP contribution is -2.23. The fourth-order valence-electron chi connectivity index (χ4n) is 3.41. The minimum absolute atomic E-state index is 0.0315. The number of benzene rings is 2. The maximum atomic E-state index is 12.4. The Hall–Kier alpha value is -3.28. The van der Waals surface area contributed by atoms with Gasteiger partial charge in [0, 0.05) is 17.7 Å². The maximum absolute atomic E-state index is 12.4. The van der Waals surface area contributed by atoms with Gasteiger partial charge in [-0.2, -0.15) is 0 Å². The molecule has 1 heterocycles. The second-order valence-corrected chi connectivity index (χ2v) is 6.67. The van der Waals surface area contributed by atoms with Crippen LogP contribution in [0, 0.1) is 0 Å². The van der Waals surface area contributed by atoms with Gasteiger partial charge in [0.15, 0.2) is 5.82 Å². The lowest BCUT2D eigenvalue weighted by molar-refractivity contribution is -0.120. The van der Waals surface area contributed by atoms with E-state index < -0.39 is 0 Å². The standard InChI is InChI=1S/C21H21N5O/c27-20(22-19-8-4-7-18(19)21-23-25-26-24-21)14-11-15-9-12-17(13-10-15)16-5-2-1-3-6-16/h1-3,5-6,9-10,12-13H,4,7-8,11,14H2,(H,22,27)(H,23,24,25,26). The third-order valence-electron chi connectivity index (χ3n) is 4.84. The molecule has 27 heavy (non-hydrogen) atoms. The van der Waals surface area contributed by atoms with Crippen molar-refractivity contribution in [3.8, 4) is 11.1 Å². The number of hydrogen-bond donors (Lipinski definition) is 2. The molecule has 2 N–H and O–H groups in total. The third kappa shape index (κ3) is 4.11. The van der Waals surface area contributed by atoms with Crippen molar-refractivity contribution in [2.24, 2.45) is 0 Å². The molecular weight excluding hydrogens is 338 g/mol. The number of aryl methyl sites for hydroxylation is 1. The first kappa shape index (κ1) is 17.1. The molecule has 0 unspecified atom stereocenters. The zero-order valence-corrected chi connectivity index (χ0v) is 15.0. The van der Waals surface area contributed by atoms with Crippen LogP contribution in [-0.2, 0) is 11.2 Å². The second kappa shape index (κ2) is 7.95. The summed E-state index contributed by atoms with van der Waals surface area (Å²) in [5.74, 6) is 0.684. The SMILES string of the molecule is O=C(CCc1ccc(-c2ccccc2)cc1)NC1=C(c2nnn[nH]2)CCC1. The summed E-state index contributed by atoms with van der Waals surface area (Å²) in [5, 5.41) is 17.0. The monoisotopic (exact) mass is 359 g/mol. The Morgan fingerprint density at radius 1 is 1.00 bits per heavy atom. The van der Waals surface area contributed by atoms with Crippen molar-refractivity contribution in [1.29, 1.82) is 0 Å². The van der Waals surface area contributed by atoms with Gasteiger partial charge in [0.2, 0.25) is 5.91 Å². The number of nitrogens with zero attached hydrogens (tertiary/aromatic N) is 3. The van der Waals surface area contributed by atoms with Crippen LogP contribution in [0.4, 0.5) is 0 Å². The first-order chi connectivity index (χ1) is 13.3. The Morgan fingerprint density at radius 3 is 2.52 bits per heavy atom. The number of carbonyl (C=O) groups is 1. The van der Waals surface area contributed by atoms with Crippen molar-refractivity contribution in [2.75, 3.05) is 0 Å². The molecule has 4 rings (SSSR count). The molecule has 0 saturated heterocycles. The Kier molecular flexibility index (Phi) is 5.05. The minimum atomic E-state index is 0.0315. The smallest absolute Gasteiger partial charge is 0.224 e. The number of carbonyl (C=O) groups excluding carboxylic acids is 1. The zero-order valence-electron chi connectivity index (χ0n) is 15.0. The average molecular weight is 359 g/mol. The molecule has 0 bridgehead atoms. The maximum Gasteiger partial charge on any atom is 0.224 e. The fraction of sp³-hybridized carbons (Fsp3) is 0.238. The van der Waals surface area contributed by atoms with E-state index in [1.165, 1.54) is 11.1 Å². The topological polar surface area (TPSA) is 83.6 Å². The zero-order chi connectivity index (χ0) is 18.5. The molecule has 1 aromatic heterocycles. The molecule has 0 radical (unpaired) electrons. The highest BCUT2D eigenvalue weighted by atomic mass is 16.1. The Balaban J connectivity index is 1.35. The van der Waals surface area contributed by atoms with Gasteiger partial charge in [-0.25, -0.2) is 5.10 Å². The van der Waals surface area contributed by atoms with Gasteiger partial charge in [-0.1, -0.05) is 54.6 Å². The van der Waals surface area contributed by atoms with Gasteiger partial charge >= 0.3 is 0 Å². The van der Waals surface area contributed by atoms with Gasteiger partial charge in [0.05, 0.1) is 0 Å².